The van der Waals surface area contributed by atoms with Crippen LogP contribution in [0.5, 0.6) is 0 Å². The molecule has 1 aliphatic rings. The Morgan fingerprint density at radius 3 is 2.90 bits per heavy atom. The first-order chi connectivity index (χ1) is 10.1. The van der Waals surface area contributed by atoms with Crippen LogP contribution in [0.2, 0.25) is 0 Å². The second-order valence-corrected chi connectivity index (χ2v) is 5.51. The maximum atomic E-state index is 12.2. The van der Waals surface area contributed by atoms with E-state index in [0.29, 0.717) is 13.0 Å². The van der Waals surface area contributed by atoms with Crippen molar-refractivity contribution < 1.29 is 14.7 Å². The number of aliphatic carboxylic acids is 1. The Balaban J connectivity index is 1.90. The second-order valence-electron chi connectivity index (χ2n) is 5.51. The summed E-state index contributed by atoms with van der Waals surface area (Å²) >= 11 is 0. The van der Waals surface area contributed by atoms with Crippen LogP contribution >= 0.6 is 0 Å². The number of carboxylic acid groups (broad SMARTS) is 1. The van der Waals surface area contributed by atoms with E-state index in [1.807, 2.05) is 12.1 Å². The van der Waals surface area contributed by atoms with E-state index >= 15 is 0 Å². The first-order valence-electron chi connectivity index (χ1n) is 7.39. The molecule has 0 radical (unpaired) electrons. The summed E-state index contributed by atoms with van der Waals surface area (Å²) in [5.41, 5.74) is 2.51. The predicted molar refractivity (Wildman–Crippen MR) is 80.2 cm³/mol. The Morgan fingerprint density at radius 2 is 2.14 bits per heavy atom. The molecule has 114 valence electrons. The van der Waals surface area contributed by atoms with Crippen molar-refractivity contribution in [3.05, 3.63) is 35.4 Å². The average Bonchev–Trinajstić information content (AvgIpc) is 2.47. The van der Waals surface area contributed by atoms with E-state index in [1.165, 1.54) is 11.1 Å². The van der Waals surface area contributed by atoms with Crippen molar-refractivity contribution in [3.63, 3.8) is 0 Å². The number of rotatable bonds is 5. The number of nitrogens with zero attached hydrogens (tertiary/aromatic N) is 1. The van der Waals surface area contributed by atoms with Crippen molar-refractivity contribution in [3.8, 4) is 0 Å². The minimum Gasteiger partial charge on any atom is -0.481 e. The van der Waals surface area contributed by atoms with Gasteiger partial charge in [0, 0.05) is 20.0 Å². The third kappa shape index (κ3) is 4.21. The Hall–Kier alpha value is -2.04. The van der Waals surface area contributed by atoms with Crippen LogP contribution in [0.15, 0.2) is 24.3 Å². The number of amides is 2. The fourth-order valence-electron chi connectivity index (χ4n) is 2.73. The molecular weight excluding hydrogens is 268 g/mol. The first-order valence-corrected chi connectivity index (χ1v) is 7.39. The largest absolute Gasteiger partial charge is 0.481 e. The molecule has 21 heavy (non-hydrogen) atoms. The van der Waals surface area contributed by atoms with Crippen molar-refractivity contribution in [2.45, 2.75) is 38.1 Å². The quantitative estimate of drug-likeness (QED) is 0.875. The normalized spacial score (nSPS) is 16.9. The van der Waals surface area contributed by atoms with Gasteiger partial charge in [-0.15, -0.1) is 0 Å². The molecular formula is C16H22N2O3. The van der Waals surface area contributed by atoms with Gasteiger partial charge in [-0.1, -0.05) is 24.3 Å². The van der Waals surface area contributed by atoms with Gasteiger partial charge in [0.1, 0.15) is 0 Å². The summed E-state index contributed by atoms with van der Waals surface area (Å²) in [5.74, 6) is -0.829. The standard InChI is InChI=1S/C16H22N2O3/c1-18(11-5-10-15(19)20)16(21)17-14-9-4-7-12-6-2-3-8-13(12)14/h2-3,6,8,14H,4-5,7,9-11H2,1H3,(H,17,21)(H,19,20). The molecule has 5 nitrogen and oxygen atoms in total. The van der Waals surface area contributed by atoms with E-state index in [9.17, 15) is 9.59 Å². The SMILES string of the molecule is CN(CCCC(=O)O)C(=O)NC1CCCc2ccccc21. The van der Waals surface area contributed by atoms with Gasteiger partial charge in [0.25, 0.3) is 0 Å². The fraction of sp³-hybridized carbons (Fsp3) is 0.500. The lowest BCUT2D eigenvalue weighted by atomic mass is 9.88. The van der Waals surface area contributed by atoms with E-state index in [2.05, 4.69) is 17.4 Å². The minimum atomic E-state index is -0.829. The van der Waals surface area contributed by atoms with Crippen LogP contribution in [0.25, 0.3) is 0 Å². The maximum Gasteiger partial charge on any atom is 0.317 e. The lowest BCUT2D eigenvalue weighted by Gasteiger charge is -2.28. The molecule has 1 aromatic rings. The van der Waals surface area contributed by atoms with Crippen molar-refractivity contribution in [1.29, 1.82) is 0 Å². The summed E-state index contributed by atoms with van der Waals surface area (Å²) in [4.78, 5) is 24.2. The Bertz CT molecular complexity index is 516. The van der Waals surface area contributed by atoms with Gasteiger partial charge in [0.05, 0.1) is 6.04 Å². The van der Waals surface area contributed by atoms with Crippen LogP contribution in [0.4, 0.5) is 4.79 Å². The molecule has 2 N–H and O–H groups in total. The molecule has 0 fully saturated rings. The zero-order chi connectivity index (χ0) is 15.2. The molecule has 2 rings (SSSR count). The summed E-state index contributed by atoms with van der Waals surface area (Å²) in [7, 11) is 1.70. The highest BCUT2D eigenvalue weighted by atomic mass is 16.4. The smallest absolute Gasteiger partial charge is 0.317 e. The predicted octanol–water partition coefficient (Wildman–Crippen LogP) is 2.57. The molecule has 0 bridgehead atoms. The van der Waals surface area contributed by atoms with E-state index in [0.717, 1.165) is 19.3 Å². The molecule has 1 aromatic carbocycles. The van der Waals surface area contributed by atoms with Gasteiger partial charge in [-0.2, -0.15) is 0 Å². The van der Waals surface area contributed by atoms with Gasteiger partial charge in [0.15, 0.2) is 0 Å². The highest BCUT2D eigenvalue weighted by molar-refractivity contribution is 5.74. The third-order valence-electron chi connectivity index (χ3n) is 3.90. The Kier molecular flexibility index (Phi) is 5.20. The zero-order valence-corrected chi connectivity index (χ0v) is 12.3. The van der Waals surface area contributed by atoms with E-state index in [4.69, 9.17) is 5.11 Å². The second kappa shape index (κ2) is 7.11. The number of aryl methyl sites for hydroxylation is 1. The van der Waals surface area contributed by atoms with Crippen molar-refractivity contribution in [2.24, 2.45) is 0 Å². The monoisotopic (exact) mass is 290 g/mol. The van der Waals surface area contributed by atoms with Crippen LogP contribution in [-0.4, -0.2) is 35.6 Å². The maximum absolute atomic E-state index is 12.2. The highest BCUT2D eigenvalue weighted by Gasteiger charge is 2.22. The number of hydrogen-bond acceptors (Lipinski definition) is 2. The van der Waals surface area contributed by atoms with Crippen molar-refractivity contribution in [1.82, 2.24) is 10.2 Å². The fourth-order valence-corrected chi connectivity index (χ4v) is 2.73. The summed E-state index contributed by atoms with van der Waals surface area (Å²) in [5, 5.41) is 11.7. The number of carboxylic acids is 1. The van der Waals surface area contributed by atoms with Crippen LogP contribution < -0.4 is 5.32 Å². The molecule has 0 aliphatic heterocycles. The summed E-state index contributed by atoms with van der Waals surface area (Å²) < 4.78 is 0. The molecule has 0 heterocycles. The number of benzene rings is 1. The Morgan fingerprint density at radius 1 is 1.38 bits per heavy atom. The van der Waals surface area contributed by atoms with Gasteiger partial charge in [-0.3, -0.25) is 4.79 Å². The number of carbonyl (C=O) groups excluding carboxylic acids is 1. The first kappa shape index (κ1) is 15.4. The van der Waals surface area contributed by atoms with Gasteiger partial charge in [0.2, 0.25) is 0 Å². The minimum absolute atomic E-state index is 0.0596. The lowest BCUT2D eigenvalue weighted by molar-refractivity contribution is -0.137. The molecule has 1 aliphatic carbocycles. The third-order valence-corrected chi connectivity index (χ3v) is 3.90. The van der Waals surface area contributed by atoms with Gasteiger partial charge in [-0.25, -0.2) is 4.79 Å². The molecule has 0 saturated heterocycles. The van der Waals surface area contributed by atoms with E-state index < -0.39 is 5.97 Å². The number of hydrogen-bond donors (Lipinski definition) is 2. The lowest BCUT2D eigenvalue weighted by Crippen LogP contribution is -2.40. The average molecular weight is 290 g/mol. The van der Waals surface area contributed by atoms with Gasteiger partial charge in [-0.05, 0) is 36.8 Å². The van der Waals surface area contributed by atoms with Gasteiger partial charge < -0.3 is 15.3 Å². The molecule has 2 amide bonds. The van der Waals surface area contributed by atoms with Crippen LogP contribution in [0.3, 0.4) is 0 Å². The van der Waals surface area contributed by atoms with Crippen molar-refractivity contribution in [2.75, 3.05) is 13.6 Å². The van der Waals surface area contributed by atoms with Crippen molar-refractivity contribution >= 4 is 12.0 Å². The van der Waals surface area contributed by atoms with Crippen LogP contribution in [-0.2, 0) is 11.2 Å². The number of fused-ring (bicyclic) bond motifs is 1. The topological polar surface area (TPSA) is 69.6 Å². The molecule has 5 heteroatoms. The molecule has 0 aromatic heterocycles. The molecule has 1 atom stereocenters. The van der Waals surface area contributed by atoms with Crippen LogP contribution in [0, 0.1) is 0 Å². The summed E-state index contributed by atoms with van der Waals surface area (Å²) in [6.45, 7) is 0.451. The number of nitrogens with one attached hydrogen (secondary N) is 1. The Labute approximate surface area is 125 Å². The molecule has 1 unspecified atom stereocenters. The van der Waals surface area contributed by atoms with Crippen LogP contribution in [0.1, 0.15) is 42.9 Å². The van der Waals surface area contributed by atoms with E-state index in [-0.39, 0.29) is 18.5 Å². The summed E-state index contributed by atoms with van der Waals surface area (Å²) in [6.07, 6.45) is 3.65. The van der Waals surface area contributed by atoms with Gasteiger partial charge >= 0.3 is 12.0 Å². The highest BCUT2D eigenvalue weighted by Crippen LogP contribution is 2.29. The number of urea groups is 1. The summed E-state index contributed by atoms with van der Waals surface area (Å²) in [6, 6.07) is 8.14. The molecule has 0 spiro atoms. The zero-order valence-electron chi connectivity index (χ0n) is 12.3. The number of carbonyl (C=O) groups is 2. The molecule has 0 saturated carbocycles. The van der Waals surface area contributed by atoms with E-state index in [1.54, 1.807) is 11.9 Å².